The van der Waals surface area contributed by atoms with E-state index < -0.39 is 0 Å². The maximum Gasteiger partial charge on any atom is 0.315 e. The van der Waals surface area contributed by atoms with Crippen LogP contribution in [0.2, 0.25) is 0 Å². The standard InChI is InChI=1S/C25H46NS3/c1-3-4-5-6-7-8-9-10-11-12-13-14-15-19-22-27-24-23(2)28-25(29-24)26-20-17-16-18-21-26/h3-22H2,1-2H3/q+1. The molecule has 1 nitrogen and oxygen atoms in total. The summed E-state index contributed by atoms with van der Waals surface area (Å²) in [4.78, 5) is 1.55. The molecule has 0 aliphatic carbocycles. The van der Waals surface area contributed by atoms with E-state index in [0.29, 0.717) is 0 Å². The Balaban J connectivity index is 1.42. The second-order valence-electron chi connectivity index (χ2n) is 8.81. The number of piperidine rings is 1. The number of unbranched alkanes of at least 4 members (excludes halogenated alkanes) is 13. The monoisotopic (exact) mass is 456 g/mol. The fraction of sp³-hybridized carbons (Fsp3) is 0.880. The van der Waals surface area contributed by atoms with Crippen molar-refractivity contribution in [1.82, 2.24) is 4.58 Å². The van der Waals surface area contributed by atoms with E-state index in [-0.39, 0.29) is 0 Å². The minimum Gasteiger partial charge on any atom is -0.212 e. The van der Waals surface area contributed by atoms with Gasteiger partial charge in [0.05, 0.1) is 4.21 Å². The molecule has 0 radical (unpaired) electrons. The van der Waals surface area contributed by atoms with Crippen LogP contribution >= 0.6 is 34.4 Å². The van der Waals surface area contributed by atoms with Crippen molar-refractivity contribution >= 4 is 34.4 Å². The highest BCUT2D eigenvalue weighted by molar-refractivity contribution is 8.01. The summed E-state index contributed by atoms with van der Waals surface area (Å²) in [6.45, 7) is 7.18. The third-order valence-electron chi connectivity index (χ3n) is 6.05. The van der Waals surface area contributed by atoms with Crippen molar-refractivity contribution in [3.63, 3.8) is 0 Å². The Hall–Kier alpha value is 0.200. The number of rotatable bonds is 16. The smallest absolute Gasteiger partial charge is 0.212 e. The number of aryl methyl sites for hydroxylation is 1. The quantitative estimate of drug-likeness (QED) is 0.137. The molecule has 0 atom stereocenters. The Kier molecular flexibility index (Phi) is 14.8. The third-order valence-corrected chi connectivity index (χ3v) is 10.3. The van der Waals surface area contributed by atoms with E-state index >= 15 is 0 Å². The first-order chi connectivity index (χ1) is 14.3. The SMILES string of the molecule is CCCCCCCCCCCCCCCCSc1sc(=[N+]2CCCCC2)sc1C. The van der Waals surface area contributed by atoms with Crippen LogP contribution in [0.25, 0.3) is 0 Å². The van der Waals surface area contributed by atoms with Crippen LogP contribution in [0, 0.1) is 6.92 Å². The first kappa shape index (κ1) is 25.5. The molecule has 1 aliphatic heterocycles. The van der Waals surface area contributed by atoms with Gasteiger partial charge in [0, 0.05) is 17.7 Å². The summed E-state index contributed by atoms with van der Waals surface area (Å²) < 4.78 is 5.78. The van der Waals surface area contributed by atoms with Gasteiger partial charge < -0.3 is 0 Å². The van der Waals surface area contributed by atoms with Gasteiger partial charge in [0.1, 0.15) is 13.1 Å². The van der Waals surface area contributed by atoms with Gasteiger partial charge in [0.15, 0.2) is 0 Å². The molecule has 168 valence electrons. The highest BCUT2D eigenvalue weighted by atomic mass is 32.2. The Bertz CT molecular complexity index is 579. The molecule has 2 rings (SSSR count). The van der Waals surface area contributed by atoms with Crippen LogP contribution in [0.5, 0.6) is 0 Å². The first-order valence-corrected chi connectivity index (χ1v) is 15.2. The van der Waals surface area contributed by atoms with Crippen LogP contribution in [0.4, 0.5) is 0 Å². The molecule has 1 aromatic heterocycles. The van der Waals surface area contributed by atoms with E-state index in [9.17, 15) is 0 Å². The zero-order valence-corrected chi connectivity index (χ0v) is 21.8. The molecule has 0 spiro atoms. The van der Waals surface area contributed by atoms with Gasteiger partial charge in [-0.25, -0.2) is 4.58 Å². The molecule has 1 fully saturated rings. The van der Waals surface area contributed by atoms with E-state index in [1.54, 1.807) is 13.1 Å². The summed E-state index contributed by atoms with van der Waals surface area (Å²) in [6.07, 6.45) is 24.5. The molecule has 1 aromatic rings. The molecule has 0 saturated carbocycles. The minimum atomic E-state index is 1.28. The van der Waals surface area contributed by atoms with Crippen LogP contribution in [-0.4, -0.2) is 18.8 Å². The van der Waals surface area contributed by atoms with Gasteiger partial charge >= 0.3 is 3.98 Å². The Morgan fingerprint density at radius 1 is 0.690 bits per heavy atom. The molecule has 1 saturated heterocycles. The summed E-state index contributed by atoms with van der Waals surface area (Å²) in [6, 6.07) is 0. The van der Waals surface area contributed by atoms with E-state index in [4.69, 9.17) is 0 Å². The van der Waals surface area contributed by atoms with Gasteiger partial charge in [0.2, 0.25) is 0 Å². The summed E-state index contributed by atoms with van der Waals surface area (Å²) in [5.74, 6) is 1.31. The lowest BCUT2D eigenvalue weighted by atomic mass is 10.0. The second-order valence-corrected chi connectivity index (χ2v) is 12.6. The zero-order chi connectivity index (χ0) is 20.6. The summed E-state index contributed by atoms with van der Waals surface area (Å²) in [5, 5.41) is 0. The Morgan fingerprint density at radius 3 is 1.76 bits per heavy atom. The molecule has 4 heteroatoms. The van der Waals surface area contributed by atoms with E-state index in [1.807, 2.05) is 11.3 Å². The van der Waals surface area contributed by atoms with Crippen molar-refractivity contribution in [2.24, 2.45) is 0 Å². The summed E-state index contributed by atoms with van der Waals surface area (Å²) >= 11 is 6.21. The number of hydrogen-bond acceptors (Lipinski definition) is 3. The van der Waals surface area contributed by atoms with Crippen LogP contribution in [0.15, 0.2) is 4.21 Å². The van der Waals surface area contributed by atoms with Crippen LogP contribution in [0.1, 0.15) is 121 Å². The third kappa shape index (κ3) is 11.4. The predicted molar refractivity (Wildman–Crippen MR) is 137 cm³/mol. The van der Waals surface area contributed by atoms with Gasteiger partial charge in [0.25, 0.3) is 0 Å². The average Bonchev–Trinajstić information content (AvgIpc) is 3.12. The molecule has 0 bridgehead atoms. The van der Waals surface area contributed by atoms with Crippen molar-refractivity contribution in [3.05, 3.63) is 8.86 Å². The highest BCUT2D eigenvalue weighted by Gasteiger charge is 2.15. The van der Waals surface area contributed by atoms with E-state index in [0.717, 1.165) is 0 Å². The molecule has 0 N–H and O–H groups in total. The lowest BCUT2D eigenvalue weighted by molar-refractivity contribution is 0.459. The molecule has 0 unspecified atom stereocenters. The maximum absolute atomic E-state index is 2.63. The van der Waals surface area contributed by atoms with Crippen LogP contribution in [0.3, 0.4) is 0 Å². The molecule has 2 heterocycles. The fourth-order valence-corrected chi connectivity index (χ4v) is 8.38. The van der Waals surface area contributed by atoms with Crippen LogP contribution in [-0.2, 0) is 0 Å². The van der Waals surface area contributed by atoms with Gasteiger partial charge in [-0.05, 0) is 25.5 Å². The average molecular weight is 457 g/mol. The number of thioether (sulfide) groups is 1. The van der Waals surface area contributed by atoms with Crippen LogP contribution < -0.4 is 8.56 Å². The largest absolute Gasteiger partial charge is 0.315 e. The topological polar surface area (TPSA) is 3.01 Å². The lowest BCUT2D eigenvalue weighted by Gasteiger charge is -2.07. The zero-order valence-electron chi connectivity index (χ0n) is 19.3. The highest BCUT2D eigenvalue weighted by Crippen LogP contribution is 2.29. The van der Waals surface area contributed by atoms with Crippen molar-refractivity contribution in [1.29, 1.82) is 0 Å². The van der Waals surface area contributed by atoms with Gasteiger partial charge in [-0.3, -0.25) is 0 Å². The maximum atomic E-state index is 2.63. The first-order valence-electron chi connectivity index (χ1n) is 12.6. The molecule has 1 aliphatic rings. The second kappa shape index (κ2) is 16.8. The van der Waals surface area contributed by atoms with Crippen molar-refractivity contribution in [2.45, 2.75) is 127 Å². The number of nitrogens with zero attached hydrogens (tertiary/aromatic N) is 1. The normalized spacial score (nSPS) is 14.6. The predicted octanol–water partition coefficient (Wildman–Crippen LogP) is 8.65. The minimum absolute atomic E-state index is 1.28. The van der Waals surface area contributed by atoms with Crippen molar-refractivity contribution < 1.29 is 0 Å². The van der Waals surface area contributed by atoms with Crippen molar-refractivity contribution in [2.75, 3.05) is 18.8 Å². The Labute approximate surface area is 193 Å². The molecule has 0 amide bonds. The molecular formula is C25H46NS3+. The van der Waals surface area contributed by atoms with Gasteiger partial charge in [-0.1, -0.05) is 113 Å². The van der Waals surface area contributed by atoms with Gasteiger partial charge in [-0.2, -0.15) is 0 Å². The fourth-order valence-electron chi connectivity index (χ4n) is 4.14. The molecular weight excluding hydrogens is 410 g/mol. The summed E-state index contributed by atoms with van der Waals surface area (Å²) in [7, 11) is 0. The van der Waals surface area contributed by atoms with E-state index in [2.05, 4.69) is 41.5 Å². The number of hydrogen-bond donors (Lipinski definition) is 0. The summed E-state index contributed by atoms with van der Waals surface area (Å²) in [5.41, 5.74) is 0. The molecule has 0 aromatic carbocycles. The van der Waals surface area contributed by atoms with Gasteiger partial charge in [-0.15, -0.1) is 11.8 Å². The van der Waals surface area contributed by atoms with E-state index in [1.165, 1.54) is 128 Å². The van der Waals surface area contributed by atoms with Crippen molar-refractivity contribution in [3.8, 4) is 0 Å². The molecule has 29 heavy (non-hydrogen) atoms. The lowest BCUT2D eigenvalue weighted by Crippen LogP contribution is -2.31. The Morgan fingerprint density at radius 2 is 1.21 bits per heavy atom.